The summed E-state index contributed by atoms with van der Waals surface area (Å²) in [4.78, 5) is 24.0. The van der Waals surface area contributed by atoms with Gasteiger partial charge in [-0.15, -0.1) is 0 Å². The highest BCUT2D eigenvalue weighted by Crippen LogP contribution is 2.27. The molecule has 1 fully saturated rings. The van der Waals surface area contributed by atoms with Crippen molar-refractivity contribution in [2.45, 2.75) is 32.7 Å². The largest absolute Gasteiger partial charge is 0.319 e. The van der Waals surface area contributed by atoms with Crippen molar-refractivity contribution in [3.63, 3.8) is 0 Å². The van der Waals surface area contributed by atoms with Gasteiger partial charge in [0.1, 0.15) is 5.82 Å². The molecule has 10 nitrogen and oxygen atoms in total. The Kier molecular flexibility index (Phi) is 7.15. The number of rotatable bonds is 8. The zero-order valence-electron chi connectivity index (χ0n) is 20.6. The molecule has 1 aliphatic rings. The number of piperidine rings is 1. The van der Waals surface area contributed by atoms with Gasteiger partial charge in [0.25, 0.3) is 5.91 Å². The topological polar surface area (TPSA) is 133 Å². The van der Waals surface area contributed by atoms with Gasteiger partial charge in [-0.1, -0.05) is 12.5 Å². The van der Waals surface area contributed by atoms with Gasteiger partial charge < -0.3 is 5.32 Å². The van der Waals surface area contributed by atoms with Gasteiger partial charge in [0.15, 0.2) is 5.69 Å². The molecule has 1 aromatic carbocycles. The van der Waals surface area contributed by atoms with Crippen LogP contribution in [-0.4, -0.2) is 58.2 Å². The number of aromatic nitrogens is 4. The van der Waals surface area contributed by atoms with E-state index in [4.69, 9.17) is 0 Å². The van der Waals surface area contributed by atoms with Crippen molar-refractivity contribution < 1.29 is 13.2 Å². The number of anilines is 2. The van der Waals surface area contributed by atoms with Gasteiger partial charge in [-0.05, 0) is 74.3 Å². The first kappa shape index (κ1) is 24.8. The summed E-state index contributed by atoms with van der Waals surface area (Å²) >= 11 is 0. The lowest BCUT2D eigenvalue weighted by Crippen LogP contribution is -2.29. The molecule has 0 bridgehead atoms. The third-order valence-electron chi connectivity index (χ3n) is 6.42. The van der Waals surface area contributed by atoms with Gasteiger partial charge >= 0.3 is 0 Å². The van der Waals surface area contributed by atoms with Crippen molar-refractivity contribution in [2.24, 2.45) is 0 Å². The Labute approximate surface area is 215 Å². The van der Waals surface area contributed by atoms with Crippen LogP contribution >= 0.6 is 0 Å². The molecule has 0 atom stereocenters. The van der Waals surface area contributed by atoms with Crippen molar-refractivity contribution in [1.82, 2.24) is 25.1 Å². The minimum Gasteiger partial charge on any atom is -0.319 e. The van der Waals surface area contributed by atoms with Crippen LogP contribution in [0.15, 0.2) is 55.0 Å². The molecule has 37 heavy (non-hydrogen) atoms. The standard InChI is InChI=1S/C26H29N7O3S/c1-2-37(35,36)32-24-9-7-21(16-28-24)29-26(34)25-22-13-19(6-8-23(22)30-31-25)20-12-18(14-27-15-20)17-33-10-4-3-5-11-33/h6-9,12-16H,2-5,10-11,17H2,1H3,(H,28,32)(H,29,34)(H,30,31). The number of carbonyl (C=O) groups excluding carboxylic acids is 1. The van der Waals surface area contributed by atoms with Gasteiger partial charge in [0, 0.05) is 29.9 Å². The summed E-state index contributed by atoms with van der Waals surface area (Å²) in [6.07, 6.45) is 8.93. The first-order valence-electron chi connectivity index (χ1n) is 12.3. The molecule has 1 saturated heterocycles. The van der Waals surface area contributed by atoms with Gasteiger partial charge in [-0.2, -0.15) is 5.10 Å². The summed E-state index contributed by atoms with van der Waals surface area (Å²) in [7, 11) is -3.43. The number of hydrogen-bond acceptors (Lipinski definition) is 7. The molecule has 192 valence electrons. The predicted octanol–water partition coefficient (Wildman–Crippen LogP) is 4.02. The average molecular weight is 520 g/mol. The number of amides is 1. The summed E-state index contributed by atoms with van der Waals surface area (Å²) < 4.78 is 25.8. The number of hydrogen-bond donors (Lipinski definition) is 3. The van der Waals surface area contributed by atoms with Crippen molar-refractivity contribution in [3.8, 4) is 11.1 Å². The Morgan fingerprint density at radius 1 is 1.03 bits per heavy atom. The Bertz CT molecular complexity index is 1510. The molecular formula is C26H29N7O3S. The third-order valence-corrected chi connectivity index (χ3v) is 7.70. The highest BCUT2D eigenvalue weighted by molar-refractivity contribution is 7.92. The van der Waals surface area contributed by atoms with E-state index in [2.05, 4.69) is 41.2 Å². The van der Waals surface area contributed by atoms with Crippen LogP contribution in [0.25, 0.3) is 22.0 Å². The molecule has 0 radical (unpaired) electrons. The van der Waals surface area contributed by atoms with Crippen LogP contribution in [0.1, 0.15) is 42.2 Å². The molecular weight excluding hydrogens is 490 g/mol. The number of pyridine rings is 2. The number of H-pyrrole nitrogens is 1. The smallest absolute Gasteiger partial charge is 0.276 e. The summed E-state index contributed by atoms with van der Waals surface area (Å²) in [5.74, 6) is -0.268. The summed E-state index contributed by atoms with van der Waals surface area (Å²) in [5.41, 5.74) is 4.52. The molecule has 0 unspecified atom stereocenters. The van der Waals surface area contributed by atoms with Crippen molar-refractivity contribution >= 4 is 38.3 Å². The normalized spacial score (nSPS) is 14.5. The summed E-state index contributed by atoms with van der Waals surface area (Å²) in [5, 5.41) is 10.6. The van der Waals surface area contributed by atoms with Gasteiger partial charge in [0.2, 0.25) is 10.0 Å². The second-order valence-electron chi connectivity index (χ2n) is 9.14. The Hall–Kier alpha value is -3.83. The van der Waals surface area contributed by atoms with E-state index < -0.39 is 15.9 Å². The summed E-state index contributed by atoms with van der Waals surface area (Å²) in [6.45, 7) is 4.67. The quantitative estimate of drug-likeness (QED) is 0.320. The fourth-order valence-electron chi connectivity index (χ4n) is 4.42. The molecule has 3 N–H and O–H groups in total. The van der Waals surface area contributed by atoms with E-state index in [0.717, 1.165) is 36.3 Å². The number of nitrogens with zero attached hydrogens (tertiary/aromatic N) is 4. The minimum atomic E-state index is -3.43. The van der Waals surface area contributed by atoms with Crippen LogP contribution in [0.2, 0.25) is 0 Å². The fraction of sp³-hybridized carbons (Fsp3) is 0.308. The molecule has 4 aromatic rings. The number of nitrogens with one attached hydrogen (secondary N) is 3. The van der Waals surface area contributed by atoms with Crippen molar-refractivity contribution in [2.75, 3.05) is 28.9 Å². The van der Waals surface area contributed by atoms with E-state index in [0.29, 0.717) is 11.1 Å². The number of carbonyl (C=O) groups is 1. The maximum atomic E-state index is 13.0. The Morgan fingerprint density at radius 2 is 1.86 bits per heavy atom. The van der Waals surface area contributed by atoms with Crippen molar-refractivity contribution in [1.29, 1.82) is 0 Å². The van der Waals surface area contributed by atoms with E-state index in [-0.39, 0.29) is 17.3 Å². The zero-order chi connectivity index (χ0) is 25.8. The van der Waals surface area contributed by atoms with Gasteiger partial charge in [0.05, 0.1) is 23.2 Å². The van der Waals surface area contributed by atoms with Crippen LogP contribution in [0.5, 0.6) is 0 Å². The van der Waals surface area contributed by atoms with Crippen LogP contribution in [0.3, 0.4) is 0 Å². The lowest BCUT2D eigenvalue weighted by atomic mass is 10.0. The predicted molar refractivity (Wildman–Crippen MR) is 144 cm³/mol. The third kappa shape index (κ3) is 5.95. The first-order chi connectivity index (χ1) is 17.9. The first-order valence-corrected chi connectivity index (χ1v) is 14.0. The molecule has 4 heterocycles. The van der Waals surface area contributed by atoms with Crippen LogP contribution in [-0.2, 0) is 16.6 Å². The van der Waals surface area contributed by atoms with E-state index in [1.165, 1.54) is 37.1 Å². The van der Waals surface area contributed by atoms with E-state index in [9.17, 15) is 13.2 Å². The van der Waals surface area contributed by atoms with Gasteiger partial charge in [-0.3, -0.25) is 24.5 Å². The number of likely N-dealkylation sites (tertiary alicyclic amines) is 1. The minimum absolute atomic E-state index is 0.0554. The molecule has 1 aliphatic heterocycles. The number of fused-ring (bicyclic) bond motifs is 1. The Balaban J connectivity index is 1.33. The zero-order valence-corrected chi connectivity index (χ0v) is 21.4. The highest BCUT2D eigenvalue weighted by atomic mass is 32.2. The lowest BCUT2D eigenvalue weighted by molar-refractivity contribution is 0.102. The van der Waals surface area contributed by atoms with E-state index in [1.54, 1.807) is 13.0 Å². The number of benzene rings is 1. The SMILES string of the molecule is CCS(=O)(=O)Nc1ccc(NC(=O)c2n[nH]c3ccc(-c4cncc(CN5CCCCC5)c4)cc23)cn1. The molecule has 3 aromatic heterocycles. The van der Waals surface area contributed by atoms with Gasteiger partial charge in [-0.25, -0.2) is 13.4 Å². The molecule has 0 aliphatic carbocycles. The Morgan fingerprint density at radius 3 is 2.62 bits per heavy atom. The maximum absolute atomic E-state index is 13.0. The monoisotopic (exact) mass is 519 g/mol. The molecule has 5 rings (SSSR count). The van der Waals surface area contributed by atoms with Crippen LogP contribution in [0.4, 0.5) is 11.5 Å². The highest BCUT2D eigenvalue weighted by Gasteiger charge is 2.17. The van der Waals surface area contributed by atoms with Crippen LogP contribution < -0.4 is 10.0 Å². The van der Waals surface area contributed by atoms with E-state index >= 15 is 0 Å². The molecule has 11 heteroatoms. The van der Waals surface area contributed by atoms with Crippen LogP contribution in [0, 0.1) is 0 Å². The molecule has 1 amide bonds. The number of sulfonamides is 1. The van der Waals surface area contributed by atoms with E-state index in [1.807, 2.05) is 30.6 Å². The lowest BCUT2D eigenvalue weighted by Gasteiger charge is -2.26. The summed E-state index contributed by atoms with van der Waals surface area (Å²) in [6, 6.07) is 11.1. The average Bonchev–Trinajstić information content (AvgIpc) is 3.34. The molecule has 0 spiro atoms. The van der Waals surface area contributed by atoms with Crippen molar-refractivity contribution in [3.05, 3.63) is 66.2 Å². The second kappa shape index (κ2) is 10.7. The maximum Gasteiger partial charge on any atom is 0.276 e. The second-order valence-corrected chi connectivity index (χ2v) is 11.2. The number of aromatic amines is 1. The molecule has 0 saturated carbocycles. The fourth-order valence-corrected chi connectivity index (χ4v) is 5.01.